The Morgan fingerprint density at radius 2 is 2.19 bits per heavy atom. The van der Waals surface area contributed by atoms with Crippen LogP contribution in [0.2, 0.25) is 4.34 Å². The lowest BCUT2D eigenvalue weighted by Crippen LogP contribution is -2.41. The Labute approximate surface area is 157 Å². The molecule has 0 radical (unpaired) electrons. The predicted octanol–water partition coefficient (Wildman–Crippen LogP) is 3.18. The monoisotopic (exact) mass is 384 g/mol. The second kappa shape index (κ2) is 5.93. The summed E-state index contributed by atoms with van der Waals surface area (Å²) in [5.74, 6) is 0.524. The molecule has 7 nitrogen and oxygen atoms in total. The molecule has 1 atom stereocenters. The van der Waals surface area contributed by atoms with Gasteiger partial charge in [0.1, 0.15) is 16.2 Å². The highest BCUT2D eigenvalue weighted by Crippen LogP contribution is 2.34. The number of aromatic amines is 2. The van der Waals surface area contributed by atoms with Crippen LogP contribution in [0.5, 0.6) is 0 Å². The summed E-state index contributed by atoms with van der Waals surface area (Å²) in [7, 11) is 0. The fraction of sp³-hybridized carbons (Fsp3) is 0.176. The molecule has 9 heteroatoms. The first kappa shape index (κ1) is 15.5. The van der Waals surface area contributed by atoms with Crippen LogP contribution in [0.1, 0.15) is 33.1 Å². The fourth-order valence-corrected chi connectivity index (χ4v) is 4.22. The van der Waals surface area contributed by atoms with Crippen LogP contribution in [0.15, 0.2) is 36.8 Å². The number of rotatable bonds is 2. The molecule has 2 N–H and O–H groups in total. The van der Waals surface area contributed by atoms with Crippen LogP contribution in [0.3, 0.4) is 0 Å². The molecule has 0 fully saturated rings. The van der Waals surface area contributed by atoms with E-state index in [1.807, 2.05) is 24.3 Å². The lowest BCUT2D eigenvalue weighted by Gasteiger charge is -2.33. The number of hydrogen-bond acceptors (Lipinski definition) is 5. The number of benzene rings is 1. The molecule has 1 aliphatic heterocycles. The van der Waals surface area contributed by atoms with E-state index in [1.165, 1.54) is 17.5 Å². The minimum atomic E-state index is -0.396. The first-order chi connectivity index (χ1) is 12.7. The minimum absolute atomic E-state index is 0.166. The number of hydrogen-bond donors (Lipinski definition) is 2. The smallest absolute Gasteiger partial charge is 0.283 e. The van der Waals surface area contributed by atoms with Gasteiger partial charge in [0, 0.05) is 18.7 Å². The number of aromatic nitrogens is 5. The predicted molar refractivity (Wildman–Crippen MR) is 98.4 cm³/mol. The zero-order valence-electron chi connectivity index (χ0n) is 13.4. The standard InChI is InChI=1S/C17H13ClN6OS/c18-12-7-19-16(26-12)17(25)24-6-5-11-13(21-8-20-11)14(24)15-22-9-3-1-2-4-10(9)23-15/h1-4,7-8,14H,5-6H2,(H,20,21)(H,22,23)/t14-/m0/s1. The molecule has 4 aromatic rings. The van der Waals surface area contributed by atoms with E-state index >= 15 is 0 Å². The van der Waals surface area contributed by atoms with Crippen LogP contribution in [-0.2, 0) is 6.42 Å². The van der Waals surface area contributed by atoms with Crippen molar-refractivity contribution in [2.45, 2.75) is 12.5 Å². The summed E-state index contributed by atoms with van der Waals surface area (Å²) in [5.41, 5.74) is 3.62. The van der Waals surface area contributed by atoms with Crippen molar-refractivity contribution >= 4 is 39.9 Å². The number of nitrogens with zero attached hydrogens (tertiary/aromatic N) is 4. The van der Waals surface area contributed by atoms with Gasteiger partial charge in [0.15, 0.2) is 5.01 Å². The van der Waals surface area contributed by atoms with Crippen molar-refractivity contribution in [3.05, 3.63) is 63.3 Å². The van der Waals surface area contributed by atoms with Gasteiger partial charge in [-0.15, -0.1) is 0 Å². The van der Waals surface area contributed by atoms with Gasteiger partial charge in [-0.1, -0.05) is 35.1 Å². The van der Waals surface area contributed by atoms with Gasteiger partial charge in [-0.05, 0) is 12.1 Å². The van der Waals surface area contributed by atoms with Gasteiger partial charge in [0.2, 0.25) is 0 Å². The lowest BCUT2D eigenvalue weighted by atomic mass is 10.0. The molecule has 4 heterocycles. The molecule has 5 rings (SSSR count). The Hall–Kier alpha value is -2.71. The van der Waals surface area contributed by atoms with Crippen LogP contribution in [0, 0.1) is 0 Å². The summed E-state index contributed by atoms with van der Waals surface area (Å²) < 4.78 is 0.492. The quantitative estimate of drug-likeness (QED) is 0.555. The van der Waals surface area contributed by atoms with Crippen molar-refractivity contribution < 1.29 is 4.79 Å². The second-order valence-corrected chi connectivity index (χ2v) is 7.69. The molecule has 1 aliphatic rings. The first-order valence-corrected chi connectivity index (χ1v) is 9.29. The maximum atomic E-state index is 13.1. The number of H-pyrrole nitrogens is 2. The molecule has 1 aromatic carbocycles. The van der Waals surface area contributed by atoms with Crippen molar-refractivity contribution in [1.82, 2.24) is 29.8 Å². The van der Waals surface area contributed by atoms with Crippen LogP contribution in [0.4, 0.5) is 0 Å². The maximum absolute atomic E-state index is 13.1. The summed E-state index contributed by atoms with van der Waals surface area (Å²) in [6, 6.07) is 7.40. The zero-order valence-corrected chi connectivity index (χ0v) is 15.0. The van der Waals surface area contributed by atoms with Crippen molar-refractivity contribution in [2.75, 3.05) is 6.54 Å². The normalized spacial score (nSPS) is 16.8. The number of halogens is 1. The van der Waals surface area contributed by atoms with E-state index in [1.54, 1.807) is 11.2 Å². The Morgan fingerprint density at radius 1 is 1.31 bits per heavy atom. The van der Waals surface area contributed by atoms with E-state index in [2.05, 4.69) is 19.9 Å². The Balaban J connectivity index is 1.63. The van der Waals surface area contributed by atoms with E-state index < -0.39 is 6.04 Å². The number of fused-ring (bicyclic) bond motifs is 2. The van der Waals surface area contributed by atoms with Gasteiger partial charge in [-0.2, -0.15) is 0 Å². The van der Waals surface area contributed by atoms with Crippen molar-refractivity contribution in [2.24, 2.45) is 0 Å². The Bertz CT molecular complexity index is 1080. The minimum Gasteiger partial charge on any atom is -0.348 e. The molecule has 0 saturated heterocycles. The van der Waals surface area contributed by atoms with E-state index in [0.29, 0.717) is 28.1 Å². The molecule has 26 heavy (non-hydrogen) atoms. The van der Waals surface area contributed by atoms with Gasteiger partial charge in [0.05, 0.1) is 29.3 Å². The summed E-state index contributed by atoms with van der Waals surface area (Å²) in [5, 5.41) is 0.370. The van der Waals surface area contributed by atoms with Gasteiger partial charge in [-0.25, -0.2) is 15.0 Å². The van der Waals surface area contributed by atoms with E-state index in [4.69, 9.17) is 16.6 Å². The van der Waals surface area contributed by atoms with Crippen molar-refractivity contribution in [1.29, 1.82) is 0 Å². The molecular weight excluding hydrogens is 372 g/mol. The summed E-state index contributed by atoms with van der Waals surface area (Å²) in [6.07, 6.45) is 3.87. The number of carbonyl (C=O) groups excluding carboxylic acids is 1. The number of carbonyl (C=O) groups is 1. The van der Waals surface area contributed by atoms with Crippen LogP contribution < -0.4 is 0 Å². The third-order valence-corrected chi connectivity index (χ3v) is 5.62. The summed E-state index contributed by atoms with van der Waals surface area (Å²) in [4.78, 5) is 34.6. The molecule has 0 aliphatic carbocycles. The van der Waals surface area contributed by atoms with Crippen molar-refractivity contribution in [3.8, 4) is 0 Å². The lowest BCUT2D eigenvalue weighted by molar-refractivity contribution is 0.0684. The highest BCUT2D eigenvalue weighted by molar-refractivity contribution is 7.17. The third-order valence-electron chi connectivity index (χ3n) is 4.51. The second-order valence-electron chi connectivity index (χ2n) is 6.03. The molecular formula is C17H13ClN6OS. The number of para-hydroxylation sites is 2. The maximum Gasteiger partial charge on any atom is 0.283 e. The molecule has 0 saturated carbocycles. The number of nitrogens with one attached hydrogen (secondary N) is 2. The van der Waals surface area contributed by atoms with Crippen LogP contribution in [0.25, 0.3) is 11.0 Å². The summed E-state index contributed by atoms with van der Waals surface area (Å²) >= 11 is 7.14. The molecule has 3 aromatic heterocycles. The molecule has 0 unspecified atom stereocenters. The number of amides is 1. The molecule has 0 spiro atoms. The SMILES string of the molecule is O=C(c1ncc(Cl)s1)N1CCc2[nH]cnc2[C@H]1c1nc2ccccc2[nH]1. The third kappa shape index (κ3) is 2.41. The van der Waals surface area contributed by atoms with Gasteiger partial charge < -0.3 is 14.9 Å². The average Bonchev–Trinajstić information content (AvgIpc) is 3.38. The number of thiazole rings is 1. The van der Waals surface area contributed by atoms with E-state index in [9.17, 15) is 4.79 Å². The highest BCUT2D eigenvalue weighted by Gasteiger charge is 2.37. The Morgan fingerprint density at radius 3 is 3.00 bits per heavy atom. The average molecular weight is 385 g/mol. The van der Waals surface area contributed by atoms with E-state index in [-0.39, 0.29) is 5.91 Å². The van der Waals surface area contributed by atoms with Crippen LogP contribution in [-0.4, -0.2) is 42.3 Å². The van der Waals surface area contributed by atoms with Crippen molar-refractivity contribution in [3.63, 3.8) is 0 Å². The Kier molecular flexibility index (Phi) is 3.54. The fourth-order valence-electron chi connectivity index (χ4n) is 3.35. The van der Waals surface area contributed by atoms with Crippen LogP contribution >= 0.6 is 22.9 Å². The first-order valence-electron chi connectivity index (χ1n) is 8.10. The molecule has 130 valence electrons. The highest BCUT2D eigenvalue weighted by atomic mass is 35.5. The summed E-state index contributed by atoms with van der Waals surface area (Å²) in [6.45, 7) is 0.549. The number of imidazole rings is 2. The molecule has 1 amide bonds. The van der Waals surface area contributed by atoms with Gasteiger partial charge in [-0.3, -0.25) is 4.79 Å². The van der Waals surface area contributed by atoms with E-state index in [0.717, 1.165) is 22.4 Å². The zero-order chi connectivity index (χ0) is 17.7. The topological polar surface area (TPSA) is 90.6 Å². The molecule has 0 bridgehead atoms. The van der Waals surface area contributed by atoms with Gasteiger partial charge in [0.25, 0.3) is 5.91 Å². The van der Waals surface area contributed by atoms with Gasteiger partial charge >= 0.3 is 0 Å². The largest absolute Gasteiger partial charge is 0.348 e.